The zero-order valence-corrected chi connectivity index (χ0v) is 16.9. The lowest BCUT2D eigenvalue weighted by Crippen LogP contribution is -2.49. The van der Waals surface area contributed by atoms with Crippen molar-refractivity contribution in [3.63, 3.8) is 0 Å². The second-order valence-electron chi connectivity index (χ2n) is 8.09. The lowest BCUT2D eigenvalue weighted by atomic mass is 10.0. The van der Waals surface area contributed by atoms with E-state index in [2.05, 4.69) is 10.6 Å². The summed E-state index contributed by atoms with van der Waals surface area (Å²) in [4.78, 5) is 26.1. The van der Waals surface area contributed by atoms with Crippen LogP contribution in [-0.4, -0.2) is 48.2 Å². The summed E-state index contributed by atoms with van der Waals surface area (Å²) in [6.45, 7) is 6.19. The van der Waals surface area contributed by atoms with E-state index in [0.29, 0.717) is 13.1 Å². The molecular weight excluding hydrogens is 387 g/mol. The van der Waals surface area contributed by atoms with Gasteiger partial charge in [0.1, 0.15) is 5.60 Å². The van der Waals surface area contributed by atoms with Crippen molar-refractivity contribution in [2.45, 2.75) is 57.9 Å². The topological polar surface area (TPSA) is 70.7 Å². The van der Waals surface area contributed by atoms with Crippen LogP contribution in [0.3, 0.4) is 0 Å². The largest absolute Gasteiger partial charge is 0.444 e. The third kappa shape index (κ3) is 7.56. The molecule has 6 nitrogen and oxygen atoms in total. The van der Waals surface area contributed by atoms with Gasteiger partial charge in [-0.05, 0) is 52.3 Å². The summed E-state index contributed by atoms with van der Waals surface area (Å²) in [6, 6.07) is 4.81. The molecule has 29 heavy (non-hydrogen) atoms. The van der Waals surface area contributed by atoms with Gasteiger partial charge in [0.2, 0.25) is 5.91 Å². The van der Waals surface area contributed by atoms with Crippen LogP contribution in [0, 0.1) is 0 Å². The molecule has 9 heteroatoms. The maximum Gasteiger partial charge on any atom is 0.418 e. The van der Waals surface area contributed by atoms with E-state index in [9.17, 15) is 22.8 Å². The van der Waals surface area contributed by atoms with Gasteiger partial charge in [-0.1, -0.05) is 18.6 Å². The van der Waals surface area contributed by atoms with Crippen molar-refractivity contribution in [1.82, 2.24) is 10.2 Å². The van der Waals surface area contributed by atoms with E-state index in [1.54, 1.807) is 20.8 Å². The summed E-state index contributed by atoms with van der Waals surface area (Å²) in [7, 11) is 0. The van der Waals surface area contributed by atoms with Gasteiger partial charge in [0.25, 0.3) is 0 Å². The number of alkyl carbamates (subject to hydrolysis) is 1. The lowest BCUT2D eigenvalue weighted by molar-refractivity contribution is -0.137. The van der Waals surface area contributed by atoms with Crippen LogP contribution in [0.1, 0.15) is 45.6 Å². The molecule has 2 amide bonds. The number of likely N-dealkylation sites (tertiary alicyclic amines) is 1. The predicted octanol–water partition coefficient (Wildman–Crippen LogP) is 4.02. The van der Waals surface area contributed by atoms with E-state index in [4.69, 9.17) is 4.74 Å². The SMILES string of the molecule is CC(C)(C)OC(=O)NCC1CCCCN1CC(=O)Nc1ccccc1C(F)(F)F. The van der Waals surface area contributed by atoms with Crippen LogP contribution in [0.15, 0.2) is 24.3 Å². The number of nitrogens with one attached hydrogen (secondary N) is 2. The Morgan fingerprint density at radius 3 is 2.52 bits per heavy atom. The number of nitrogens with zero attached hydrogens (tertiary/aromatic N) is 1. The fourth-order valence-corrected chi connectivity index (χ4v) is 3.23. The van der Waals surface area contributed by atoms with Gasteiger partial charge in [-0.25, -0.2) is 4.79 Å². The molecule has 0 aliphatic carbocycles. The quantitative estimate of drug-likeness (QED) is 0.762. The fraction of sp³-hybridized carbons (Fsp3) is 0.600. The van der Waals surface area contributed by atoms with Crippen LogP contribution in [0.25, 0.3) is 0 Å². The Kier molecular flexibility index (Phi) is 7.51. The Hall–Kier alpha value is -2.29. The summed E-state index contributed by atoms with van der Waals surface area (Å²) < 4.78 is 44.5. The second kappa shape index (κ2) is 9.47. The van der Waals surface area contributed by atoms with Gasteiger partial charge in [-0.15, -0.1) is 0 Å². The molecule has 1 aliphatic rings. The number of hydrogen-bond acceptors (Lipinski definition) is 4. The molecule has 0 radical (unpaired) electrons. The normalized spacial score (nSPS) is 18.2. The average Bonchev–Trinajstić information content (AvgIpc) is 2.59. The third-order valence-electron chi connectivity index (χ3n) is 4.48. The number of piperidine rings is 1. The Morgan fingerprint density at radius 1 is 1.17 bits per heavy atom. The highest BCUT2D eigenvalue weighted by Crippen LogP contribution is 2.34. The van der Waals surface area contributed by atoms with Crippen molar-refractivity contribution in [3.05, 3.63) is 29.8 Å². The molecule has 0 saturated carbocycles. The van der Waals surface area contributed by atoms with E-state index < -0.39 is 29.3 Å². The van der Waals surface area contributed by atoms with Gasteiger partial charge in [-0.3, -0.25) is 9.69 Å². The number of alkyl halides is 3. The molecule has 1 fully saturated rings. The van der Waals surface area contributed by atoms with Crippen LogP contribution >= 0.6 is 0 Å². The van der Waals surface area contributed by atoms with Gasteiger partial charge in [-0.2, -0.15) is 13.2 Å². The summed E-state index contributed by atoms with van der Waals surface area (Å²) in [5.74, 6) is -0.522. The molecule has 1 saturated heterocycles. The van der Waals surface area contributed by atoms with Crippen LogP contribution in [0.5, 0.6) is 0 Å². The molecule has 0 bridgehead atoms. The highest BCUT2D eigenvalue weighted by molar-refractivity contribution is 5.93. The summed E-state index contributed by atoms with van der Waals surface area (Å²) in [5.41, 5.74) is -1.75. The van der Waals surface area contributed by atoms with Crippen molar-refractivity contribution < 1.29 is 27.5 Å². The van der Waals surface area contributed by atoms with Gasteiger partial charge >= 0.3 is 12.3 Å². The Bertz CT molecular complexity index is 717. The minimum Gasteiger partial charge on any atom is -0.444 e. The Balaban J connectivity index is 1.95. The molecule has 1 aromatic carbocycles. The minimum absolute atomic E-state index is 0.0488. The first kappa shape index (κ1) is 23.0. The number of carbonyl (C=O) groups is 2. The maximum absolute atomic E-state index is 13.1. The van der Waals surface area contributed by atoms with Crippen molar-refractivity contribution in [1.29, 1.82) is 0 Å². The average molecular weight is 415 g/mol. The minimum atomic E-state index is -4.55. The molecule has 1 heterocycles. The number of carbonyl (C=O) groups excluding carboxylic acids is 2. The Morgan fingerprint density at radius 2 is 1.86 bits per heavy atom. The molecule has 2 rings (SSSR count). The second-order valence-corrected chi connectivity index (χ2v) is 8.09. The highest BCUT2D eigenvalue weighted by Gasteiger charge is 2.34. The number of para-hydroxylation sites is 1. The van der Waals surface area contributed by atoms with E-state index in [0.717, 1.165) is 25.3 Å². The number of rotatable bonds is 5. The zero-order valence-electron chi connectivity index (χ0n) is 16.9. The Labute approximate surface area is 168 Å². The van der Waals surface area contributed by atoms with Crippen LogP contribution < -0.4 is 10.6 Å². The molecule has 0 spiro atoms. The van der Waals surface area contributed by atoms with E-state index in [1.807, 2.05) is 4.90 Å². The van der Waals surface area contributed by atoms with Crippen LogP contribution in [0.4, 0.5) is 23.7 Å². The molecular formula is C20H28F3N3O3. The van der Waals surface area contributed by atoms with E-state index in [-0.39, 0.29) is 18.3 Å². The third-order valence-corrected chi connectivity index (χ3v) is 4.48. The molecule has 2 N–H and O–H groups in total. The molecule has 1 atom stereocenters. The highest BCUT2D eigenvalue weighted by atomic mass is 19.4. The first-order valence-corrected chi connectivity index (χ1v) is 9.63. The first-order valence-electron chi connectivity index (χ1n) is 9.63. The van der Waals surface area contributed by atoms with Crippen molar-refractivity contribution >= 4 is 17.7 Å². The molecule has 1 unspecified atom stereocenters. The fourth-order valence-electron chi connectivity index (χ4n) is 3.23. The lowest BCUT2D eigenvalue weighted by Gasteiger charge is -2.35. The molecule has 0 aromatic heterocycles. The smallest absolute Gasteiger partial charge is 0.418 e. The number of benzene rings is 1. The van der Waals surface area contributed by atoms with Gasteiger partial charge in [0.05, 0.1) is 17.8 Å². The van der Waals surface area contributed by atoms with Crippen molar-refractivity contribution in [2.24, 2.45) is 0 Å². The van der Waals surface area contributed by atoms with Gasteiger partial charge in [0.15, 0.2) is 0 Å². The van der Waals surface area contributed by atoms with E-state index >= 15 is 0 Å². The summed E-state index contributed by atoms with van der Waals surface area (Å²) in [6.07, 6.45) is -2.46. The zero-order chi connectivity index (χ0) is 21.7. The molecule has 1 aliphatic heterocycles. The summed E-state index contributed by atoms with van der Waals surface area (Å²) in [5, 5.41) is 5.08. The first-order chi connectivity index (χ1) is 13.5. The standard InChI is InChI=1S/C20H28F3N3O3/c1-19(2,3)29-18(28)24-12-14-8-6-7-11-26(14)13-17(27)25-16-10-5-4-9-15(16)20(21,22)23/h4-5,9-10,14H,6-8,11-13H2,1-3H3,(H,24,28)(H,25,27). The van der Waals surface area contributed by atoms with Crippen molar-refractivity contribution in [3.8, 4) is 0 Å². The number of hydrogen-bond donors (Lipinski definition) is 2. The maximum atomic E-state index is 13.1. The predicted molar refractivity (Wildman–Crippen MR) is 104 cm³/mol. The van der Waals surface area contributed by atoms with E-state index in [1.165, 1.54) is 18.2 Å². The van der Waals surface area contributed by atoms with Gasteiger partial charge < -0.3 is 15.4 Å². The van der Waals surface area contributed by atoms with Crippen molar-refractivity contribution in [2.75, 3.05) is 25.0 Å². The molecule has 1 aromatic rings. The number of anilines is 1. The van der Waals surface area contributed by atoms with Crippen LogP contribution in [0.2, 0.25) is 0 Å². The number of amides is 2. The number of halogens is 3. The van der Waals surface area contributed by atoms with Gasteiger partial charge in [0, 0.05) is 12.6 Å². The monoisotopic (exact) mass is 415 g/mol. The number of ether oxygens (including phenoxy) is 1. The van der Waals surface area contributed by atoms with Crippen LogP contribution in [-0.2, 0) is 15.7 Å². The molecule has 162 valence electrons. The summed E-state index contributed by atoms with van der Waals surface area (Å²) >= 11 is 0.